The van der Waals surface area contributed by atoms with E-state index in [-0.39, 0.29) is 12.3 Å². The normalized spacial score (nSPS) is 15.2. The number of hydrogen-bond acceptors (Lipinski definition) is 11. The number of rotatable bonds is 9. The molecule has 0 saturated heterocycles. The molecule has 16 N–H and O–H groups in total. The number of primary amides is 1. The maximum Gasteiger partial charge on any atom is 0.323 e. The Labute approximate surface area is 190 Å². The van der Waals surface area contributed by atoms with Crippen LogP contribution in [0.4, 0.5) is 0 Å². The quantitative estimate of drug-likeness (QED) is 0.147. The van der Waals surface area contributed by atoms with Crippen LogP contribution in [0.2, 0.25) is 0 Å². The van der Waals surface area contributed by atoms with Gasteiger partial charge in [-0.1, -0.05) is 13.8 Å². The van der Waals surface area contributed by atoms with Crippen LogP contribution in [0.25, 0.3) is 0 Å². The van der Waals surface area contributed by atoms with Crippen LogP contribution >= 0.6 is 0 Å². The van der Waals surface area contributed by atoms with Crippen molar-refractivity contribution in [3.63, 3.8) is 0 Å². The van der Waals surface area contributed by atoms with Gasteiger partial charge >= 0.3 is 23.9 Å². The van der Waals surface area contributed by atoms with Crippen molar-refractivity contribution < 1.29 is 54.6 Å². The highest BCUT2D eigenvalue weighted by Gasteiger charge is 2.17. The number of nitrogens with two attached hydrogens (primary N) is 5. The van der Waals surface area contributed by atoms with Gasteiger partial charge in [0, 0.05) is 0 Å². The van der Waals surface area contributed by atoms with Gasteiger partial charge in [-0.05, 0) is 19.8 Å². The summed E-state index contributed by atoms with van der Waals surface area (Å²) in [5.41, 5.74) is 24.5. The molecular formula is C17H37N5O11. The lowest BCUT2D eigenvalue weighted by molar-refractivity contribution is -0.141. The van der Waals surface area contributed by atoms with E-state index in [9.17, 15) is 24.0 Å². The summed E-state index contributed by atoms with van der Waals surface area (Å²) < 4.78 is 0. The minimum atomic E-state index is -1.21. The summed E-state index contributed by atoms with van der Waals surface area (Å²) >= 11 is 0. The molecule has 0 aliphatic rings. The molecular weight excluding hydrogens is 450 g/mol. The predicted molar refractivity (Wildman–Crippen MR) is 114 cm³/mol. The third kappa shape index (κ3) is 25.2. The molecule has 0 rings (SSSR count). The minimum Gasteiger partial charge on any atom is -0.480 e. The summed E-state index contributed by atoms with van der Waals surface area (Å²) in [6.45, 7) is 6.22. The largest absolute Gasteiger partial charge is 0.480 e. The van der Waals surface area contributed by atoms with E-state index < -0.39 is 66.2 Å². The first-order valence-electron chi connectivity index (χ1n) is 9.28. The van der Waals surface area contributed by atoms with Crippen molar-refractivity contribution in [1.82, 2.24) is 0 Å². The highest BCUT2D eigenvalue weighted by atomic mass is 16.4. The molecule has 0 aliphatic carbocycles. The molecule has 0 unspecified atom stereocenters. The summed E-state index contributed by atoms with van der Waals surface area (Å²) in [6, 6.07) is -4.19. The van der Waals surface area contributed by atoms with Crippen LogP contribution in [0, 0.1) is 5.92 Å². The number of carboxylic acid groups (broad SMARTS) is 4. The van der Waals surface area contributed by atoms with E-state index >= 15 is 0 Å². The second-order valence-electron chi connectivity index (χ2n) is 6.93. The first kappa shape index (κ1) is 37.4. The lowest BCUT2D eigenvalue weighted by Crippen LogP contribution is -2.39. The van der Waals surface area contributed by atoms with Crippen molar-refractivity contribution in [2.45, 2.75) is 70.5 Å². The zero-order valence-corrected chi connectivity index (χ0v) is 18.9. The first-order chi connectivity index (χ1) is 14.7. The van der Waals surface area contributed by atoms with E-state index in [2.05, 4.69) is 5.73 Å². The molecule has 0 aromatic carbocycles. The summed E-state index contributed by atoms with van der Waals surface area (Å²) in [5, 5.41) is 49.4. The number of aliphatic carboxylic acids is 4. The number of aliphatic hydroxyl groups is 2. The second-order valence-corrected chi connectivity index (χ2v) is 6.93. The Hall–Kier alpha value is -2.89. The van der Waals surface area contributed by atoms with E-state index in [1.54, 1.807) is 13.8 Å². The summed E-state index contributed by atoms with van der Waals surface area (Å²) in [5.74, 6) is -5.19. The van der Waals surface area contributed by atoms with Gasteiger partial charge in [0.15, 0.2) is 0 Å². The van der Waals surface area contributed by atoms with Crippen LogP contribution in [0.5, 0.6) is 0 Å². The van der Waals surface area contributed by atoms with Gasteiger partial charge in [0.1, 0.15) is 24.2 Å². The van der Waals surface area contributed by atoms with E-state index in [1.165, 1.54) is 13.8 Å². The standard InChI is InChI=1S/C5H11NO2.C4H8N2O3.2C4H9NO3/c1-3(2)4(6)5(7)8;5-2(4(8)9)1-3(6)7;2*1-2(6)3(5)4(7)8/h3-4H,6H2,1-2H3,(H,7,8);2H,1,5H2,(H2,6,7)(H,8,9);2*2-3,6H,5H2,1H3,(H,7,8)/t4-;2-;2*2-,3+/m0011/s1. The molecule has 16 nitrogen and oxygen atoms in total. The Kier molecular flexibility index (Phi) is 22.4. The molecule has 0 spiro atoms. The van der Waals surface area contributed by atoms with Crippen LogP contribution in [-0.2, 0) is 24.0 Å². The van der Waals surface area contributed by atoms with Crippen LogP contribution < -0.4 is 28.7 Å². The molecule has 0 fully saturated rings. The van der Waals surface area contributed by atoms with Crippen LogP contribution in [0.3, 0.4) is 0 Å². The SMILES string of the molecule is CC(C)[C@H](N)C(=O)O.C[C@@H](O)[C@H](N)C(=O)O.C[C@@H](O)[C@H](N)C(=O)O.NC(=O)C[C@H](N)C(=O)O. The smallest absolute Gasteiger partial charge is 0.323 e. The molecule has 16 heteroatoms. The second kappa shape index (κ2) is 19.8. The average Bonchev–Trinajstić information content (AvgIpc) is 2.66. The molecule has 0 bridgehead atoms. The fourth-order valence-corrected chi connectivity index (χ4v) is 1.00. The third-order valence-electron chi connectivity index (χ3n) is 3.35. The highest BCUT2D eigenvalue weighted by Crippen LogP contribution is 1.96. The molecule has 0 aliphatic heterocycles. The van der Waals surface area contributed by atoms with Gasteiger partial charge in [0.25, 0.3) is 0 Å². The number of amides is 1. The molecule has 0 heterocycles. The number of carbonyl (C=O) groups excluding carboxylic acids is 1. The van der Waals surface area contributed by atoms with Crippen LogP contribution in [-0.4, -0.2) is 96.8 Å². The van der Waals surface area contributed by atoms with Crippen molar-refractivity contribution >= 4 is 29.8 Å². The first-order valence-corrected chi connectivity index (χ1v) is 9.28. The van der Waals surface area contributed by atoms with Crippen molar-refractivity contribution in [2.75, 3.05) is 0 Å². The Morgan fingerprint density at radius 1 is 0.606 bits per heavy atom. The van der Waals surface area contributed by atoms with E-state index in [0.717, 1.165) is 0 Å². The van der Waals surface area contributed by atoms with E-state index in [1.807, 2.05) is 0 Å². The molecule has 196 valence electrons. The minimum absolute atomic E-state index is 0.0208. The van der Waals surface area contributed by atoms with E-state index in [4.69, 9.17) is 53.6 Å². The maximum absolute atomic E-state index is 10.0. The topological polar surface area (TPSA) is 337 Å². The highest BCUT2D eigenvalue weighted by molar-refractivity contribution is 5.83. The zero-order chi connectivity index (χ0) is 27.6. The molecule has 0 aromatic heterocycles. The lowest BCUT2D eigenvalue weighted by Gasteiger charge is -2.07. The summed E-state index contributed by atoms with van der Waals surface area (Å²) in [6.07, 6.45) is -2.27. The Morgan fingerprint density at radius 2 is 0.879 bits per heavy atom. The van der Waals surface area contributed by atoms with Crippen LogP contribution in [0.15, 0.2) is 0 Å². The number of carboxylic acids is 4. The van der Waals surface area contributed by atoms with Crippen molar-refractivity contribution in [3.8, 4) is 0 Å². The van der Waals surface area contributed by atoms with Crippen molar-refractivity contribution in [3.05, 3.63) is 0 Å². The lowest BCUT2D eigenvalue weighted by atomic mass is 10.1. The Morgan fingerprint density at radius 3 is 0.909 bits per heavy atom. The van der Waals surface area contributed by atoms with Gasteiger partial charge in [-0.25, -0.2) is 0 Å². The number of aliphatic hydroxyl groups excluding tert-OH is 2. The monoisotopic (exact) mass is 487 g/mol. The van der Waals surface area contributed by atoms with Gasteiger partial charge in [-0.15, -0.1) is 0 Å². The van der Waals surface area contributed by atoms with E-state index in [0.29, 0.717) is 0 Å². The number of carbonyl (C=O) groups is 5. The van der Waals surface area contributed by atoms with Crippen LogP contribution in [0.1, 0.15) is 34.1 Å². The predicted octanol–water partition coefficient (Wildman–Crippen LogP) is -4.11. The van der Waals surface area contributed by atoms with Gasteiger partial charge in [-0.3, -0.25) is 24.0 Å². The molecule has 0 aromatic rings. The Bertz CT molecular complexity index is 557. The molecule has 0 radical (unpaired) electrons. The number of hydrogen-bond donors (Lipinski definition) is 11. The fraction of sp³-hybridized carbons (Fsp3) is 0.706. The fourth-order valence-electron chi connectivity index (χ4n) is 1.00. The molecule has 33 heavy (non-hydrogen) atoms. The maximum atomic E-state index is 10.0. The summed E-state index contributed by atoms with van der Waals surface area (Å²) in [7, 11) is 0. The summed E-state index contributed by atoms with van der Waals surface area (Å²) in [4.78, 5) is 49.6. The molecule has 0 saturated carbocycles. The third-order valence-corrected chi connectivity index (χ3v) is 3.35. The molecule has 6 atom stereocenters. The van der Waals surface area contributed by atoms with Gasteiger partial charge < -0.3 is 59.3 Å². The van der Waals surface area contributed by atoms with Crippen molar-refractivity contribution in [1.29, 1.82) is 0 Å². The average molecular weight is 488 g/mol. The van der Waals surface area contributed by atoms with Gasteiger partial charge in [0.05, 0.1) is 18.6 Å². The van der Waals surface area contributed by atoms with Gasteiger partial charge in [0.2, 0.25) is 5.91 Å². The zero-order valence-electron chi connectivity index (χ0n) is 18.9. The molecule has 1 amide bonds. The Balaban J connectivity index is -0.000000170. The van der Waals surface area contributed by atoms with Gasteiger partial charge in [-0.2, -0.15) is 0 Å². The van der Waals surface area contributed by atoms with Crippen molar-refractivity contribution in [2.24, 2.45) is 34.6 Å².